The normalized spacial score (nSPS) is 11.4. The van der Waals surface area contributed by atoms with Gasteiger partial charge in [-0.05, 0) is 62.4 Å². The van der Waals surface area contributed by atoms with Gasteiger partial charge in [0.05, 0.1) is 4.92 Å². The number of nitro benzene ring substituents is 1. The highest BCUT2D eigenvalue weighted by molar-refractivity contribution is 5.98. The van der Waals surface area contributed by atoms with Crippen molar-refractivity contribution in [1.29, 1.82) is 0 Å². The Labute approximate surface area is 176 Å². The third kappa shape index (κ3) is 5.21. The summed E-state index contributed by atoms with van der Waals surface area (Å²) in [5.41, 5.74) is 1.45. The molecule has 2 aromatic carbocycles. The van der Waals surface area contributed by atoms with Gasteiger partial charge in [-0.2, -0.15) is 0 Å². The number of benzene rings is 2. The van der Waals surface area contributed by atoms with Gasteiger partial charge in [0.1, 0.15) is 5.76 Å². The third-order valence-electron chi connectivity index (χ3n) is 4.38. The van der Waals surface area contributed by atoms with Crippen LogP contribution in [0.1, 0.15) is 34.8 Å². The number of rotatable bonds is 7. The molecule has 9 nitrogen and oxygen atoms in total. The molecule has 0 radical (unpaired) electrons. The zero-order valence-corrected chi connectivity index (χ0v) is 16.7. The van der Waals surface area contributed by atoms with E-state index >= 15 is 0 Å². The van der Waals surface area contributed by atoms with Gasteiger partial charge in [-0.15, -0.1) is 0 Å². The average Bonchev–Trinajstić information content (AvgIpc) is 3.24. The van der Waals surface area contributed by atoms with Gasteiger partial charge in [-0.1, -0.05) is 0 Å². The Balaban J connectivity index is 1.61. The Morgan fingerprint density at radius 1 is 1.00 bits per heavy atom. The number of amides is 1. The number of ketones is 1. The number of nitrogens with one attached hydrogen (secondary N) is 1. The number of Topliss-reactive ketones (excluding diaryl/α,β-unsaturated/α-hetero) is 1. The maximum atomic E-state index is 12.3. The Morgan fingerprint density at radius 3 is 2.23 bits per heavy atom. The molecule has 1 heterocycles. The second-order valence-corrected chi connectivity index (χ2v) is 6.64. The minimum absolute atomic E-state index is 0.0642. The average molecular weight is 422 g/mol. The molecule has 0 fully saturated rings. The number of nitrogens with zero attached hydrogens (tertiary/aromatic N) is 1. The first-order valence-corrected chi connectivity index (χ1v) is 9.22. The molecule has 31 heavy (non-hydrogen) atoms. The maximum Gasteiger partial charge on any atom is 0.375 e. The summed E-state index contributed by atoms with van der Waals surface area (Å²) >= 11 is 0. The Kier molecular flexibility index (Phi) is 6.25. The van der Waals surface area contributed by atoms with Crippen LogP contribution in [0, 0.1) is 10.1 Å². The number of carbonyl (C=O) groups excluding carboxylic acids is 3. The molecule has 0 saturated heterocycles. The molecule has 0 saturated carbocycles. The summed E-state index contributed by atoms with van der Waals surface area (Å²) in [7, 11) is 0. The summed E-state index contributed by atoms with van der Waals surface area (Å²) < 4.78 is 10.6. The van der Waals surface area contributed by atoms with Crippen LogP contribution in [0.15, 0.2) is 65.1 Å². The lowest BCUT2D eigenvalue weighted by Gasteiger charge is -2.13. The zero-order valence-electron chi connectivity index (χ0n) is 16.7. The van der Waals surface area contributed by atoms with E-state index in [0.29, 0.717) is 22.6 Å². The number of nitro groups is 1. The van der Waals surface area contributed by atoms with Crippen LogP contribution in [0.4, 0.5) is 11.4 Å². The van der Waals surface area contributed by atoms with Gasteiger partial charge < -0.3 is 14.5 Å². The minimum atomic E-state index is -1.10. The highest BCUT2D eigenvalue weighted by Gasteiger charge is 2.22. The quantitative estimate of drug-likeness (QED) is 0.261. The molecule has 3 aromatic rings. The van der Waals surface area contributed by atoms with Crippen molar-refractivity contribution in [2.75, 3.05) is 5.32 Å². The van der Waals surface area contributed by atoms with Crippen molar-refractivity contribution in [2.45, 2.75) is 20.0 Å². The molecule has 1 N–H and O–H groups in total. The predicted octanol–water partition coefficient (Wildman–Crippen LogP) is 4.24. The van der Waals surface area contributed by atoms with E-state index in [1.165, 1.54) is 50.2 Å². The van der Waals surface area contributed by atoms with Crippen LogP contribution in [0.2, 0.25) is 0 Å². The lowest BCUT2D eigenvalue weighted by Crippen LogP contribution is -2.29. The summed E-state index contributed by atoms with van der Waals surface area (Å²) in [4.78, 5) is 46.1. The monoisotopic (exact) mass is 422 g/mol. The molecule has 158 valence electrons. The number of ether oxygens (including phenoxy) is 1. The van der Waals surface area contributed by atoms with Crippen LogP contribution in [0.25, 0.3) is 11.3 Å². The summed E-state index contributed by atoms with van der Waals surface area (Å²) in [5.74, 6) is -1.26. The van der Waals surface area contributed by atoms with Crippen molar-refractivity contribution in [3.63, 3.8) is 0 Å². The third-order valence-corrected chi connectivity index (χ3v) is 4.38. The van der Waals surface area contributed by atoms with Gasteiger partial charge >= 0.3 is 5.97 Å². The van der Waals surface area contributed by atoms with Crippen molar-refractivity contribution in [3.05, 3.63) is 82.1 Å². The molecular weight excluding hydrogens is 404 g/mol. The fourth-order valence-electron chi connectivity index (χ4n) is 2.65. The second-order valence-electron chi connectivity index (χ2n) is 6.64. The summed E-state index contributed by atoms with van der Waals surface area (Å²) in [5, 5.41) is 13.3. The summed E-state index contributed by atoms with van der Waals surface area (Å²) in [6, 6.07) is 14.9. The number of furan rings is 1. The fraction of sp³-hybridized carbons (Fsp3) is 0.136. The van der Waals surface area contributed by atoms with Crippen LogP contribution >= 0.6 is 0 Å². The van der Waals surface area contributed by atoms with Crippen molar-refractivity contribution in [1.82, 2.24) is 0 Å². The summed E-state index contributed by atoms with van der Waals surface area (Å²) in [6.45, 7) is 2.86. The Bertz CT molecular complexity index is 1130. The Hall–Kier alpha value is -4.27. The van der Waals surface area contributed by atoms with E-state index in [1.54, 1.807) is 24.3 Å². The van der Waals surface area contributed by atoms with Crippen molar-refractivity contribution >= 4 is 29.0 Å². The molecule has 3 rings (SSSR count). The first kappa shape index (κ1) is 21.4. The van der Waals surface area contributed by atoms with Crippen molar-refractivity contribution in [2.24, 2.45) is 0 Å². The molecule has 0 aliphatic heterocycles. The number of anilines is 1. The van der Waals surface area contributed by atoms with Crippen LogP contribution in [-0.2, 0) is 9.53 Å². The molecule has 0 spiro atoms. The van der Waals surface area contributed by atoms with Gasteiger partial charge in [0.2, 0.25) is 5.76 Å². The predicted molar refractivity (Wildman–Crippen MR) is 111 cm³/mol. The van der Waals surface area contributed by atoms with Gasteiger partial charge in [0.25, 0.3) is 11.6 Å². The lowest BCUT2D eigenvalue weighted by molar-refractivity contribution is -0.384. The Morgan fingerprint density at radius 2 is 1.65 bits per heavy atom. The highest BCUT2D eigenvalue weighted by atomic mass is 16.6. The van der Waals surface area contributed by atoms with Crippen LogP contribution in [0.5, 0.6) is 0 Å². The molecule has 1 atom stereocenters. The highest BCUT2D eigenvalue weighted by Crippen LogP contribution is 2.25. The largest absolute Gasteiger partial charge is 0.449 e. The topological polar surface area (TPSA) is 129 Å². The fourth-order valence-corrected chi connectivity index (χ4v) is 2.65. The lowest BCUT2D eigenvalue weighted by atomic mass is 10.1. The number of esters is 1. The second kappa shape index (κ2) is 9.04. The first-order valence-electron chi connectivity index (χ1n) is 9.22. The van der Waals surface area contributed by atoms with Crippen LogP contribution < -0.4 is 5.32 Å². The number of carbonyl (C=O) groups is 3. The molecular formula is C22H18N2O7. The van der Waals surface area contributed by atoms with Gasteiger partial charge in [0.15, 0.2) is 11.9 Å². The number of non-ortho nitro benzene ring substituents is 1. The smallest absolute Gasteiger partial charge is 0.375 e. The molecule has 0 aliphatic carbocycles. The number of hydrogen-bond donors (Lipinski definition) is 1. The molecule has 1 unspecified atom stereocenters. The van der Waals surface area contributed by atoms with Crippen molar-refractivity contribution in [3.8, 4) is 11.3 Å². The molecule has 0 aliphatic rings. The van der Waals surface area contributed by atoms with E-state index in [9.17, 15) is 24.5 Å². The van der Waals surface area contributed by atoms with Crippen molar-refractivity contribution < 1.29 is 28.5 Å². The first-order chi connectivity index (χ1) is 14.7. The number of hydrogen-bond acceptors (Lipinski definition) is 7. The van der Waals surface area contributed by atoms with Gasteiger partial charge in [-0.3, -0.25) is 19.7 Å². The maximum absolute atomic E-state index is 12.3. The van der Waals surface area contributed by atoms with E-state index in [2.05, 4.69) is 5.32 Å². The molecule has 9 heteroatoms. The van der Waals surface area contributed by atoms with E-state index in [4.69, 9.17) is 9.15 Å². The van der Waals surface area contributed by atoms with E-state index in [-0.39, 0.29) is 17.2 Å². The minimum Gasteiger partial charge on any atom is -0.449 e. The zero-order chi connectivity index (χ0) is 22.5. The van der Waals surface area contributed by atoms with Gasteiger partial charge in [0, 0.05) is 28.9 Å². The standard InChI is InChI=1S/C22H18N2O7/c1-13(25)15-3-7-17(8-4-15)23-21(26)14(2)30-22(27)20-12-11-19(31-20)16-5-9-18(10-6-16)24(28)29/h3-12,14H,1-2H3,(H,23,26). The van der Waals surface area contributed by atoms with E-state index in [0.717, 1.165) is 0 Å². The van der Waals surface area contributed by atoms with E-state index in [1.807, 2.05) is 0 Å². The van der Waals surface area contributed by atoms with Crippen LogP contribution in [-0.4, -0.2) is 28.7 Å². The van der Waals surface area contributed by atoms with Crippen LogP contribution in [0.3, 0.4) is 0 Å². The molecule has 1 amide bonds. The van der Waals surface area contributed by atoms with Gasteiger partial charge in [-0.25, -0.2) is 4.79 Å². The molecule has 0 bridgehead atoms. The molecule has 1 aromatic heterocycles. The SMILES string of the molecule is CC(=O)c1ccc(NC(=O)C(C)OC(=O)c2ccc(-c3ccc([N+](=O)[O-])cc3)o2)cc1. The summed E-state index contributed by atoms with van der Waals surface area (Å²) in [6.07, 6.45) is -1.10. The van der Waals surface area contributed by atoms with E-state index < -0.39 is 22.9 Å².